The van der Waals surface area contributed by atoms with Crippen LogP contribution >= 0.6 is 0 Å². The minimum Gasteiger partial charge on any atom is -0.350 e. The smallest absolute Gasteiger partial charge is 0.240 e. The molecule has 0 unspecified atom stereocenters. The number of ketones is 1. The third kappa shape index (κ3) is 3.38. The largest absolute Gasteiger partial charge is 0.350 e. The lowest BCUT2D eigenvalue weighted by Crippen LogP contribution is -2.26. The van der Waals surface area contributed by atoms with Crippen LogP contribution in [-0.4, -0.2) is 16.3 Å². The highest BCUT2D eigenvalue weighted by Crippen LogP contribution is 2.22. The number of rotatable bonds is 6. The van der Waals surface area contributed by atoms with Crippen molar-refractivity contribution in [1.29, 1.82) is 0 Å². The fourth-order valence-corrected chi connectivity index (χ4v) is 2.80. The highest BCUT2D eigenvalue weighted by molar-refractivity contribution is 6.08. The molecule has 0 saturated carbocycles. The molecule has 24 heavy (non-hydrogen) atoms. The van der Waals surface area contributed by atoms with Gasteiger partial charge in [-0.25, -0.2) is 0 Å². The van der Waals surface area contributed by atoms with Gasteiger partial charge in [0.05, 0.1) is 0 Å². The van der Waals surface area contributed by atoms with E-state index in [-0.39, 0.29) is 18.2 Å². The average Bonchev–Trinajstić information content (AvgIpc) is 2.99. The maximum atomic E-state index is 12.3. The number of nitrogens with zero attached hydrogens (tertiary/aromatic N) is 1. The Morgan fingerprint density at radius 2 is 1.71 bits per heavy atom. The van der Waals surface area contributed by atoms with Crippen LogP contribution in [-0.2, 0) is 17.9 Å². The van der Waals surface area contributed by atoms with E-state index in [2.05, 4.69) is 5.32 Å². The van der Waals surface area contributed by atoms with Gasteiger partial charge in [0, 0.05) is 35.6 Å². The van der Waals surface area contributed by atoms with Gasteiger partial charge >= 0.3 is 0 Å². The van der Waals surface area contributed by atoms with Crippen molar-refractivity contribution < 1.29 is 9.59 Å². The van der Waals surface area contributed by atoms with E-state index < -0.39 is 0 Å². The molecule has 4 nitrogen and oxygen atoms in total. The van der Waals surface area contributed by atoms with Gasteiger partial charge < -0.3 is 9.88 Å². The highest BCUT2D eigenvalue weighted by Gasteiger charge is 2.14. The van der Waals surface area contributed by atoms with Crippen molar-refractivity contribution in [1.82, 2.24) is 9.88 Å². The van der Waals surface area contributed by atoms with E-state index in [1.165, 1.54) is 0 Å². The summed E-state index contributed by atoms with van der Waals surface area (Å²) >= 11 is 0. The number of amides is 1. The third-order valence-corrected chi connectivity index (χ3v) is 4.06. The molecule has 0 saturated heterocycles. The summed E-state index contributed by atoms with van der Waals surface area (Å²) in [6.07, 6.45) is 2.24. The Kier molecular flexibility index (Phi) is 4.75. The maximum Gasteiger partial charge on any atom is 0.240 e. The normalized spacial score (nSPS) is 10.7. The number of hydrogen-bond acceptors (Lipinski definition) is 2. The van der Waals surface area contributed by atoms with E-state index in [9.17, 15) is 9.59 Å². The monoisotopic (exact) mass is 320 g/mol. The Labute approximate surface area is 141 Å². The van der Waals surface area contributed by atoms with Gasteiger partial charge in [-0.3, -0.25) is 9.59 Å². The Bertz CT molecular complexity index is 866. The zero-order valence-electron chi connectivity index (χ0n) is 13.7. The number of carbonyl (C=O) groups is 2. The number of Topliss-reactive ketones (excluding diaryl/α,β-unsaturated/α-hetero) is 1. The predicted molar refractivity (Wildman–Crippen MR) is 94.8 cm³/mol. The molecule has 4 heteroatoms. The van der Waals surface area contributed by atoms with E-state index >= 15 is 0 Å². The summed E-state index contributed by atoms with van der Waals surface area (Å²) in [4.78, 5) is 24.4. The first kappa shape index (κ1) is 16.0. The van der Waals surface area contributed by atoms with Crippen LogP contribution < -0.4 is 5.32 Å². The van der Waals surface area contributed by atoms with Gasteiger partial charge in [0.2, 0.25) is 5.91 Å². The number of nitrogens with one attached hydrogen (secondary N) is 1. The molecule has 1 N–H and O–H groups in total. The summed E-state index contributed by atoms with van der Waals surface area (Å²) in [5.41, 5.74) is 2.65. The van der Waals surface area contributed by atoms with E-state index in [4.69, 9.17) is 0 Å². The van der Waals surface area contributed by atoms with Crippen molar-refractivity contribution >= 4 is 22.6 Å². The van der Waals surface area contributed by atoms with Gasteiger partial charge in [0.25, 0.3) is 0 Å². The molecule has 0 atom stereocenters. The molecule has 0 aliphatic carbocycles. The topological polar surface area (TPSA) is 51.1 Å². The fourth-order valence-electron chi connectivity index (χ4n) is 2.80. The van der Waals surface area contributed by atoms with E-state index in [1.54, 1.807) is 6.20 Å². The molecule has 0 bridgehead atoms. The Morgan fingerprint density at radius 3 is 2.46 bits per heavy atom. The number of fused-ring (bicyclic) bond motifs is 1. The molecule has 3 aromatic rings. The predicted octanol–water partition coefficient (Wildman–Crippen LogP) is 3.55. The van der Waals surface area contributed by atoms with Crippen molar-refractivity contribution in [2.24, 2.45) is 0 Å². The molecule has 2 aromatic carbocycles. The first-order valence-corrected chi connectivity index (χ1v) is 8.10. The third-order valence-electron chi connectivity index (χ3n) is 4.06. The summed E-state index contributed by atoms with van der Waals surface area (Å²) in [5.74, 6) is 0.0183. The number of carbonyl (C=O) groups excluding carboxylic acids is 2. The molecule has 122 valence electrons. The molecule has 3 rings (SSSR count). The van der Waals surface area contributed by atoms with Crippen LogP contribution in [0.25, 0.3) is 10.9 Å². The minimum atomic E-state index is -0.0740. The summed E-state index contributed by atoms with van der Waals surface area (Å²) in [6, 6.07) is 17.5. The number of benzene rings is 2. The first-order chi connectivity index (χ1) is 11.7. The van der Waals surface area contributed by atoms with Crippen molar-refractivity contribution in [2.45, 2.75) is 26.4 Å². The summed E-state index contributed by atoms with van der Waals surface area (Å²) in [5, 5.41) is 3.82. The standard InChI is InChI=1S/C20H20N2O2/c1-2-19(23)17-13-22(18-11-7-6-10-16(17)18)14-20(24)21-12-15-8-4-3-5-9-15/h3-11,13H,2,12,14H2,1H3,(H,21,24). The van der Waals surface area contributed by atoms with Crippen LogP contribution in [0.1, 0.15) is 29.3 Å². The van der Waals surface area contributed by atoms with Crippen LogP contribution in [0.3, 0.4) is 0 Å². The second-order valence-electron chi connectivity index (χ2n) is 5.73. The molecule has 0 radical (unpaired) electrons. The maximum absolute atomic E-state index is 12.3. The molecule has 0 aliphatic heterocycles. The summed E-state index contributed by atoms with van der Waals surface area (Å²) in [6.45, 7) is 2.55. The van der Waals surface area contributed by atoms with Crippen LogP contribution in [0.5, 0.6) is 0 Å². The molecular weight excluding hydrogens is 300 g/mol. The zero-order chi connectivity index (χ0) is 16.9. The van der Waals surface area contributed by atoms with Gasteiger partial charge in [-0.05, 0) is 11.6 Å². The quantitative estimate of drug-likeness (QED) is 0.706. The molecule has 0 fully saturated rings. The zero-order valence-corrected chi connectivity index (χ0v) is 13.7. The molecular formula is C20H20N2O2. The van der Waals surface area contributed by atoms with E-state index in [0.29, 0.717) is 18.5 Å². The van der Waals surface area contributed by atoms with E-state index in [0.717, 1.165) is 16.5 Å². The number of hydrogen-bond donors (Lipinski definition) is 1. The van der Waals surface area contributed by atoms with E-state index in [1.807, 2.05) is 66.1 Å². The lowest BCUT2D eigenvalue weighted by Gasteiger charge is -2.07. The Balaban J connectivity index is 1.77. The fraction of sp³-hybridized carbons (Fsp3) is 0.200. The van der Waals surface area contributed by atoms with Crippen molar-refractivity contribution in [3.05, 3.63) is 71.9 Å². The second-order valence-corrected chi connectivity index (χ2v) is 5.73. The SMILES string of the molecule is CCC(=O)c1cn(CC(=O)NCc2ccccc2)c2ccccc12. The van der Waals surface area contributed by atoms with Crippen LogP contribution in [0.15, 0.2) is 60.8 Å². The van der Waals surface area contributed by atoms with Gasteiger partial charge in [0.15, 0.2) is 5.78 Å². The van der Waals surface area contributed by atoms with Crippen LogP contribution in [0.4, 0.5) is 0 Å². The molecule has 1 amide bonds. The minimum absolute atomic E-state index is 0.0740. The second kappa shape index (κ2) is 7.13. The molecule has 1 heterocycles. The molecule has 0 spiro atoms. The first-order valence-electron chi connectivity index (χ1n) is 8.10. The summed E-state index contributed by atoms with van der Waals surface area (Å²) in [7, 11) is 0. The van der Waals surface area contributed by atoms with Gasteiger partial charge in [-0.1, -0.05) is 55.5 Å². The summed E-state index contributed by atoms with van der Waals surface area (Å²) < 4.78 is 1.85. The van der Waals surface area contributed by atoms with Crippen LogP contribution in [0.2, 0.25) is 0 Å². The number of para-hydroxylation sites is 1. The van der Waals surface area contributed by atoms with Crippen molar-refractivity contribution in [2.75, 3.05) is 0 Å². The Hall–Kier alpha value is -2.88. The van der Waals surface area contributed by atoms with Crippen LogP contribution in [0, 0.1) is 0 Å². The average molecular weight is 320 g/mol. The molecule has 1 aromatic heterocycles. The van der Waals surface area contributed by atoms with Gasteiger partial charge in [-0.2, -0.15) is 0 Å². The van der Waals surface area contributed by atoms with Gasteiger partial charge in [-0.15, -0.1) is 0 Å². The number of aromatic nitrogens is 1. The van der Waals surface area contributed by atoms with Crippen molar-refractivity contribution in [3.63, 3.8) is 0 Å². The lowest BCUT2D eigenvalue weighted by molar-refractivity contribution is -0.121. The lowest BCUT2D eigenvalue weighted by atomic mass is 10.1. The highest BCUT2D eigenvalue weighted by atomic mass is 16.2. The van der Waals surface area contributed by atoms with Crippen molar-refractivity contribution in [3.8, 4) is 0 Å². The van der Waals surface area contributed by atoms with Gasteiger partial charge in [0.1, 0.15) is 6.54 Å². The Morgan fingerprint density at radius 1 is 1.00 bits per heavy atom. The molecule has 0 aliphatic rings.